The zero-order chi connectivity index (χ0) is 15.4. The summed E-state index contributed by atoms with van der Waals surface area (Å²) in [5.74, 6) is -1.14. The number of aliphatic carboxylic acids is 1. The van der Waals surface area contributed by atoms with Crippen molar-refractivity contribution in [3.05, 3.63) is 28.2 Å². The van der Waals surface area contributed by atoms with Crippen LogP contribution in [0.1, 0.15) is 12.8 Å². The first-order valence-corrected chi connectivity index (χ1v) is 7.31. The summed E-state index contributed by atoms with van der Waals surface area (Å²) in [6.45, 7) is 0.649. The molecule has 1 aromatic carbocycles. The maximum absolute atomic E-state index is 12.0. The highest BCUT2D eigenvalue weighted by Crippen LogP contribution is 2.26. The quantitative estimate of drug-likeness (QED) is 0.921. The van der Waals surface area contributed by atoms with Crippen molar-refractivity contribution in [3.8, 4) is 5.75 Å². The van der Waals surface area contributed by atoms with Crippen molar-refractivity contribution >= 4 is 35.1 Å². The number of benzene rings is 1. The molecule has 0 spiro atoms. The van der Waals surface area contributed by atoms with E-state index in [-0.39, 0.29) is 19.1 Å². The highest BCUT2D eigenvalue weighted by atomic mass is 35.5. The SMILES string of the molecule is O=C(O)[C@H]1CCCN(C(=O)COc2ccc(Cl)c(Cl)c2)C1. The van der Waals surface area contributed by atoms with Gasteiger partial charge in [0.05, 0.1) is 16.0 Å². The molecule has 0 aliphatic carbocycles. The number of carbonyl (C=O) groups excluding carboxylic acids is 1. The van der Waals surface area contributed by atoms with Crippen LogP contribution in [0.15, 0.2) is 18.2 Å². The third kappa shape index (κ3) is 4.25. The minimum atomic E-state index is -0.863. The maximum atomic E-state index is 12.0. The van der Waals surface area contributed by atoms with Crippen LogP contribution in [0.4, 0.5) is 0 Å². The number of piperidine rings is 1. The van der Waals surface area contributed by atoms with Crippen molar-refractivity contribution in [2.45, 2.75) is 12.8 Å². The second-order valence-electron chi connectivity index (χ2n) is 4.88. The van der Waals surface area contributed by atoms with Gasteiger partial charge in [0.15, 0.2) is 6.61 Å². The van der Waals surface area contributed by atoms with Crippen LogP contribution in [-0.4, -0.2) is 41.6 Å². The average molecular weight is 332 g/mol. The number of carbonyl (C=O) groups is 2. The van der Waals surface area contributed by atoms with E-state index in [0.717, 1.165) is 0 Å². The molecule has 0 aromatic heterocycles. The van der Waals surface area contributed by atoms with Gasteiger partial charge in [-0.2, -0.15) is 0 Å². The summed E-state index contributed by atoms with van der Waals surface area (Å²) >= 11 is 11.7. The van der Waals surface area contributed by atoms with Crippen molar-refractivity contribution in [1.82, 2.24) is 4.90 Å². The van der Waals surface area contributed by atoms with E-state index in [1.54, 1.807) is 12.1 Å². The monoisotopic (exact) mass is 331 g/mol. The lowest BCUT2D eigenvalue weighted by Crippen LogP contribution is -2.44. The third-order valence-corrected chi connectivity index (χ3v) is 4.12. The van der Waals surface area contributed by atoms with Crippen LogP contribution in [0.3, 0.4) is 0 Å². The van der Waals surface area contributed by atoms with Crippen LogP contribution in [0.5, 0.6) is 5.75 Å². The van der Waals surface area contributed by atoms with Crippen LogP contribution in [0.2, 0.25) is 10.0 Å². The highest BCUT2D eigenvalue weighted by Gasteiger charge is 2.28. The summed E-state index contributed by atoms with van der Waals surface area (Å²) in [6.07, 6.45) is 1.29. The molecular formula is C14H15Cl2NO4. The first-order valence-electron chi connectivity index (χ1n) is 6.56. The lowest BCUT2D eigenvalue weighted by molar-refractivity contribution is -0.146. The van der Waals surface area contributed by atoms with Crippen molar-refractivity contribution in [2.75, 3.05) is 19.7 Å². The number of likely N-dealkylation sites (tertiary alicyclic amines) is 1. The second-order valence-corrected chi connectivity index (χ2v) is 5.70. The van der Waals surface area contributed by atoms with Crippen molar-refractivity contribution in [3.63, 3.8) is 0 Å². The summed E-state index contributed by atoms with van der Waals surface area (Å²) in [5.41, 5.74) is 0. The zero-order valence-corrected chi connectivity index (χ0v) is 12.7. The van der Waals surface area contributed by atoms with Crippen LogP contribution in [0, 0.1) is 5.92 Å². The average Bonchev–Trinajstić information content (AvgIpc) is 2.48. The molecule has 1 amide bonds. The molecule has 1 N–H and O–H groups in total. The molecule has 2 rings (SSSR count). The van der Waals surface area contributed by atoms with E-state index in [0.29, 0.717) is 35.2 Å². The van der Waals surface area contributed by atoms with Crippen LogP contribution < -0.4 is 4.74 Å². The van der Waals surface area contributed by atoms with Crippen LogP contribution in [0.25, 0.3) is 0 Å². The first-order chi connectivity index (χ1) is 9.97. The second kappa shape index (κ2) is 7.00. The molecule has 21 heavy (non-hydrogen) atoms. The molecule has 1 saturated heterocycles. The standard InChI is InChI=1S/C14H15Cl2NO4/c15-11-4-3-10(6-12(11)16)21-8-13(18)17-5-1-2-9(7-17)14(19)20/h3-4,6,9H,1-2,5,7-8H2,(H,19,20)/t9-/m0/s1. The Balaban J connectivity index is 1.89. The Kier molecular flexibility index (Phi) is 5.31. The van der Waals surface area contributed by atoms with Gasteiger partial charge in [0.2, 0.25) is 0 Å². The molecule has 0 bridgehead atoms. The summed E-state index contributed by atoms with van der Waals surface area (Å²) < 4.78 is 5.37. The smallest absolute Gasteiger partial charge is 0.308 e. The molecule has 1 aliphatic heterocycles. The van der Waals surface area contributed by atoms with Gasteiger partial charge in [-0.05, 0) is 25.0 Å². The van der Waals surface area contributed by atoms with Gasteiger partial charge in [0.1, 0.15) is 5.75 Å². The molecule has 0 radical (unpaired) electrons. The highest BCUT2D eigenvalue weighted by molar-refractivity contribution is 6.42. The van der Waals surface area contributed by atoms with Gasteiger partial charge in [-0.15, -0.1) is 0 Å². The minimum Gasteiger partial charge on any atom is -0.484 e. The molecule has 1 aliphatic rings. The number of carboxylic acid groups (broad SMARTS) is 1. The summed E-state index contributed by atoms with van der Waals surface area (Å²) in [5, 5.41) is 9.77. The fraction of sp³-hybridized carbons (Fsp3) is 0.429. The maximum Gasteiger partial charge on any atom is 0.308 e. The lowest BCUT2D eigenvalue weighted by Gasteiger charge is -2.30. The molecule has 114 valence electrons. The number of ether oxygens (including phenoxy) is 1. The normalized spacial score (nSPS) is 18.4. The predicted molar refractivity (Wildman–Crippen MR) is 78.9 cm³/mol. The Morgan fingerprint density at radius 2 is 2.10 bits per heavy atom. The van der Waals surface area contributed by atoms with Crippen LogP contribution >= 0.6 is 23.2 Å². The van der Waals surface area contributed by atoms with Crippen molar-refractivity contribution in [1.29, 1.82) is 0 Å². The minimum absolute atomic E-state index is 0.149. The number of amides is 1. The van der Waals surface area contributed by atoms with Crippen molar-refractivity contribution < 1.29 is 19.4 Å². The molecule has 1 atom stereocenters. The van der Waals surface area contributed by atoms with Gasteiger partial charge in [-0.3, -0.25) is 9.59 Å². The van der Waals surface area contributed by atoms with Gasteiger partial charge in [-0.25, -0.2) is 0 Å². The Morgan fingerprint density at radius 1 is 1.33 bits per heavy atom. The molecule has 1 fully saturated rings. The van der Waals surface area contributed by atoms with E-state index in [9.17, 15) is 9.59 Å². The molecule has 7 heteroatoms. The fourth-order valence-electron chi connectivity index (χ4n) is 2.21. The molecular weight excluding hydrogens is 317 g/mol. The van der Waals surface area contributed by atoms with E-state index in [1.807, 2.05) is 0 Å². The summed E-state index contributed by atoms with van der Waals surface area (Å²) in [7, 11) is 0. The number of halogens is 2. The predicted octanol–water partition coefficient (Wildman–Crippen LogP) is 2.70. The van der Waals surface area contributed by atoms with Gasteiger partial charge in [0.25, 0.3) is 5.91 Å². The number of carboxylic acids is 1. The van der Waals surface area contributed by atoms with Gasteiger partial charge in [0, 0.05) is 19.2 Å². The topological polar surface area (TPSA) is 66.8 Å². The molecule has 1 heterocycles. The van der Waals surface area contributed by atoms with Crippen molar-refractivity contribution in [2.24, 2.45) is 5.92 Å². The largest absolute Gasteiger partial charge is 0.484 e. The Morgan fingerprint density at radius 3 is 2.76 bits per heavy atom. The number of hydrogen-bond donors (Lipinski definition) is 1. The molecule has 5 nitrogen and oxygen atoms in total. The Bertz CT molecular complexity index is 550. The van der Waals surface area contributed by atoms with E-state index < -0.39 is 11.9 Å². The number of nitrogens with zero attached hydrogens (tertiary/aromatic N) is 1. The third-order valence-electron chi connectivity index (χ3n) is 3.38. The zero-order valence-electron chi connectivity index (χ0n) is 11.2. The van der Waals surface area contributed by atoms with Gasteiger partial charge < -0.3 is 14.7 Å². The molecule has 0 unspecified atom stereocenters. The summed E-state index contributed by atoms with van der Waals surface area (Å²) in [4.78, 5) is 24.5. The van der Waals surface area contributed by atoms with Gasteiger partial charge >= 0.3 is 5.97 Å². The first kappa shape index (κ1) is 15.9. The fourth-order valence-corrected chi connectivity index (χ4v) is 2.50. The molecule has 0 saturated carbocycles. The summed E-state index contributed by atoms with van der Waals surface area (Å²) in [6, 6.07) is 4.75. The lowest BCUT2D eigenvalue weighted by atomic mass is 9.98. The Labute approximate surface area is 132 Å². The van der Waals surface area contributed by atoms with Gasteiger partial charge in [-0.1, -0.05) is 23.2 Å². The number of hydrogen-bond acceptors (Lipinski definition) is 3. The van der Waals surface area contributed by atoms with Crippen LogP contribution in [-0.2, 0) is 9.59 Å². The van der Waals surface area contributed by atoms with E-state index in [1.165, 1.54) is 11.0 Å². The van der Waals surface area contributed by atoms with E-state index in [2.05, 4.69) is 0 Å². The van der Waals surface area contributed by atoms with E-state index in [4.69, 9.17) is 33.0 Å². The Hall–Kier alpha value is -1.46. The molecule has 1 aromatic rings. The van der Waals surface area contributed by atoms with E-state index >= 15 is 0 Å². The number of rotatable bonds is 4.